The Kier molecular flexibility index (Phi) is 5.24. The van der Waals surface area contributed by atoms with Gasteiger partial charge in [-0.2, -0.15) is 0 Å². The third kappa shape index (κ3) is 3.81. The van der Waals surface area contributed by atoms with Crippen molar-refractivity contribution in [2.75, 3.05) is 36.4 Å². The van der Waals surface area contributed by atoms with Crippen LogP contribution in [0.25, 0.3) is 0 Å². The molecule has 3 rings (SSSR count). The lowest BCUT2D eigenvalue weighted by Crippen LogP contribution is -2.50. The van der Waals surface area contributed by atoms with E-state index in [2.05, 4.69) is 39.0 Å². The van der Waals surface area contributed by atoms with Gasteiger partial charge in [-0.25, -0.2) is 14.8 Å². The fraction of sp³-hybridized carbons (Fsp3) is 0.500. The normalized spacial score (nSPS) is 16.1. The fourth-order valence-corrected chi connectivity index (χ4v) is 3.36. The van der Waals surface area contributed by atoms with Crippen LogP contribution in [0, 0.1) is 0 Å². The van der Waals surface area contributed by atoms with E-state index in [-0.39, 0.29) is 6.03 Å². The Morgan fingerprint density at radius 1 is 1.33 bits per heavy atom. The molecule has 1 saturated heterocycles. The van der Waals surface area contributed by atoms with Crippen LogP contribution in [0.1, 0.15) is 31.9 Å². The van der Waals surface area contributed by atoms with Crippen molar-refractivity contribution in [3.05, 3.63) is 29.7 Å². The minimum Gasteiger partial charge on any atom is -0.352 e. The van der Waals surface area contributed by atoms with Crippen LogP contribution in [0.5, 0.6) is 0 Å². The van der Waals surface area contributed by atoms with E-state index >= 15 is 0 Å². The molecule has 1 fully saturated rings. The summed E-state index contributed by atoms with van der Waals surface area (Å²) in [7, 11) is 0. The summed E-state index contributed by atoms with van der Waals surface area (Å²) < 4.78 is 0. The van der Waals surface area contributed by atoms with E-state index < -0.39 is 0 Å². The zero-order valence-electron chi connectivity index (χ0n) is 14.0. The molecule has 2 amide bonds. The van der Waals surface area contributed by atoms with E-state index in [0.29, 0.717) is 24.1 Å². The van der Waals surface area contributed by atoms with Crippen molar-refractivity contribution in [3.8, 4) is 0 Å². The first kappa shape index (κ1) is 16.6. The maximum Gasteiger partial charge on any atom is 0.323 e. The number of piperazine rings is 1. The summed E-state index contributed by atoms with van der Waals surface area (Å²) in [6.07, 6.45) is 6.14. The van der Waals surface area contributed by atoms with E-state index in [1.54, 1.807) is 18.6 Å². The average Bonchev–Trinajstić information content (AvgIpc) is 3.10. The van der Waals surface area contributed by atoms with Crippen molar-refractivity contribution in [1.82, 2.24) is 19.9 Å². The minimum atomic E-state index is -0.0844. The summed E-state index contributed by atoms with van der Waals surface area (Å²) in [5, 5.41) is 5.61. The van der Waals surface area contributed by atoms with Crippen LogP contribution < -0.4 is 10.2 Å². The largest absolute Gasteiger partial charge is 0.352 e. The summed E-state index contributed by atoms with van der Waals surface area (Å²) in [4.78, 5) is 29.3. The van der Waals surface area contributed by atoms with Crippen LogP contribution in [0.2, 0.25) is 0 Å². The lowest BCUT2D eigenvalue weighted by molar-refractivity contribution is 0.208. The topological polar surface area (TPSA) is 74.2 Å². The standard InChI is InChI=1S/C16H22N6OS/c1-3-12(2)13-11-24-15(19-13)20-16(23)22-8-6-21(7-9-22)14-10-17-4-5-18-14/h4-5,10-12H,3,6-9H2,1-2H3,(H,19,20,23)/t12-/m0/s1. The molecule has 8 heteroatoms. The van der Waals surface area contributed by atoms with Crippen LogP contribution >= 0.6 is 11.3 Å². The molecule has 0 unspecified atom stereocenters. The number of aromatic nitrogens is 3. The SMILES string of the molecule is CC[C@H](C)c1csc(NC(=O)N2CCN(c3cnccn3)CC2)n1. The number of urea groups is 1. The van der Waals surface area contributed by atoms with Gasteiger partial charge in [0.05, 0.1) is 11.9 Å². The van der Waals surface area contributed by atoms with E-state index in [0.717, 1.165) is 31.0 Å². The molecule has 0 saturated carbocycles. The Morgan fingerprint density at radius 2 is 2.12 bits per heavy atom. The van der Waals surface area contributed by atoms with Crippen molar-refractivity contribution in [3.63, 3.8) is 0 Å². The maximum atomic E-state index is 12.4. The van der Waals surface area contributed by atoms with Gasteiger partial charge in [0.2, 0.25) is 0 Å². The third-order valence-corrected chi connectivity index (χ3v) is 5.07. The van der Waals surface area contributed by atoms with Gasteiger partial charge in [-0.3, -0.25) is 10.3 Å². The highest BCUT2D eigenvalue weighted by Gasteiger charge is 2.22. The molecule has 0 aromatic carbocycles. The molecule has 1 atom stereocenters. The lowest BCUT2D eigenvalue weighted by Gasteiger charge is -2.34. The molecule has 0 bridgehead atoms. The van der Waals surface area contributed by atoms with Crippen LogP contribution in [0.15, 0.2) is 24.0 Å². The molecule has 3 heterocycles. The second-order valence-electron chi connectivity index (χ2n) is 5.85. The Labute approximate surface area is 145 Å². The Bertz CT molecular complexity index is 668. The highest BCUT2D eigenvalue weighted by atomic mass is 32.1. The molecule has 1 aliphatic heterocycles. The van der Waals surface area contributed by atoms with Crippen LogP contribution in [-0.2, 0) is 0 Å². The molecule has 0 radical (unpaired) electrons. The minimum absolute atomic E-state index is 0.0844. The van der Waals surface area contributed by atoms with E-state index in [1.807, 2.05) is 10.3 Å². The van der Waals surface area contributed by atoms with Gasteiger partial charge < -0.3 is 9.80 Å². The van der Waals surface area contributed by atoms with Crippen molar-refractivity contribution in [1.29, 1.82) is 0 Å². The highest BCUT2D eigenvalue weighted by molar-refractivity contribution is 7.13. The summed E-state index contributed by atoms with van der Waals surface area (Å²) in [6.45, 7) is 7.10. The number of amides is 2. The Hall–Kier alpha value is -2.22. The number of carbonyl (C=O) groups is 1. The van der Waals surface area contributed by atoms with Gasteiger partial charge >= 0.3 is 6.03 Å². The summed E-state index contributed by atoms with van der Waals surface area (Å²) in [6, 6.07) is -0.0844. The number of carbonyl (C=O) groups excluding carboxylic acids is 1. The molecule has 1 aliphatic rings. The molecule has 7 nitrogen and oxygen atoms in total. The zero-order valence-corrected chi connectivity index (χ0v) is 14.8. The van der Waals surface area contributed by atoms with Crippen molar-refractivity contribution in [2.24, 2.45) is 0 Å². The first-order chi connectivity index (χ1) is 11.7. The molecular weight excluding hydrogens is 324 g/mol. The van der Waals surface area contributed by atoms with Gasteiger partial charge in [0.15, 0.2) is 5.13 Å². The van der Waals surface area contributed by atoms with Gasteiger partial charge in [-0.1, -0.05) is 13.8 Å². The van der Waals surface area contributed by atoms with Crippen molar-refractivity contribution < 1.29 is 4.79 Å². The molecule has 1 N–H and O–H groups in total. The first-order valence-electron chi connectivity index (χ1n) is 8.19. The second kappa shape index (κ2) is 7.57. The van der Waals surface area contributed by atoms with Gasteiger partial charge in [-0.05, 0) is 12.3 Å². The van der Waals surface area contributed by atoms with Crippen LogP contribution in [-0.4, -0.2) is 52.1 Å². The van der Waals surface area contributed by atoms with Gasteiger partial charge in [0.25, 0.3) is 0 Å². The number of hydrogen-bond acceptors (Lipinski definition) is 6. The van der Waals surface area contributed by atoms with Crippen LogP contribution in [0.4, 0.5) is 15.7 Å². The summed E-state index contributed by atoms with van der Waals surface area (Å²) in [5.41, 5.74) is 1.05. The number of hydrogen-bond donors (Lipinski definition) is 1. The average molecular weight is 346 g/mol. The van der Waals surface area contributed by atoms with E-state index in [9.17, 15) is 4.79 Å². The maximum absolute atomic E-state index is 12.4. The Balaban J connectivity index is 1.53. The van der Waals surface area contributed by atoms with Gasteiger partial charge in [0, 0.05) is 44.0 Å². The number of rotatable bonds is 4. The van der Waals surface area contributed by atoms with Crippen LogP contribution in [0.3, 0.4) is 0 Å². The van der Waals surface area contributed by atoms with E-state index in [4.69, 9.17) is 0 Å². The third-order valence-electron chi connectivity index (χ3n) is 4.29. The summed E-state index contributed by atoms with van der Waals surface area (Å²) in [5.74, 6) is 1.28. The number of nitrogens with zero attached hydrogens (tertiary/aromatic N) is 5. The quantitative estimate of drug-likeness (QED) is 0.921. The molecule has 0 spiro atoms. The fourth-order valence-electron chi connectivity index (χ4n) is 2.54. The summed E-state index contributed by atoms with van der Waals surface area (Å²) >= 11 is 1.48. The highest BCUT2D eigenvalue weighted by Crippen LogP contribution is 2.24. The van der Waals surface area contributed by atoms with Gasteiger partial charge in [0.1, 0.15) is 5.82 Å². The Morgan fingerprint density at radius 3 is 2.79 bits per heavy atom. The second-order valence-corrected chi connectivity index (χ2v) is 6.71. The number of nitrogens with one attached hydrogen (secondary N) is 1. The molecular formula is C16H22N6OS. The molecule has 2 aromatic rings. The first-order valence-corrected chi connectivity index (χ1v) is 9.07. The number of anilines is 2. The number of thiazole rings is 1. The predicted octanol–water partition coefficient (Wildman–Crippen LogP) is 2.80. The molecule has 24 heavy (non-hydrogen) atoms. The molecule has 128 valence electrons. The molecule has 2 aromatic heterocycles. The van der Waals surface area contributed by atoms with Crippen molar-refractivity contribution in [2.45, 2.75) is 26.2 Å². The molecule has 0 aliphatic carbocycles. The van der Waals surface area contributed by atoms with Gasteiger partial charge in [-0.15, -0.1) is 11.3 Å². The predicted molar refractivity (Wildman–Crippen MR) is 95.7 cm³/mol. The monoisotopic (exact) mass is 346 g/mol. The zero-order chi connectivity index (χ0) is 16.9. The lowest BCUT2D eigenvalue weighted by atomic mass is 10.1. The smallest absolute Gasteiger partial charge is 0.323 e. The van der Waals surface area contributed by atoms with E-state index in [1.165, 1.54) is 11.3 Å². The van der Waals surface area contributed by atoms with Crippen molar-refractivity contribution >= 4 is 28.3 Å².